The highest BCUT2D eigenvalue weighted by Crippen LogP contribution is 2.27. The molecule has 1 atom stereocenters. The monoisotopic (exact) mass is 313 g/mol. The first-order valence-corrected chi connectivity index (χ1v) is 7.56. The number of hydrogen-bond donors (Lipinski definition) is 1. The first-order valence-electron chi connectivity index (χ1n) is 7.13. The number of nitrogens with zero attached hydrogens (tertiary/aromatic N) is 2. The van der Waals surface area contributed by atoms with Gasteiger partial charge in [0.25, 0.3) is 5.91 Å². The van der Waals surface area contributed by atoms with E-state index in [9.17, 15) is 4.79 Å². The number of aliphatic imine (C=N–C) groups is 1. The molecule has 1 aromatic heterocycles. The summed E-state index contributed by atoms with van der Waals surface area (Å²) in [5.41, 5.74) is 4.76. The molecule has 22 heavy (non-hydrogen) atoms. The summed E-state index contributed by atoms with van der Waals surface area (Å²) in [7, 11) is 1.62. The van der Waals surface area contributed by atoms with Crippen LogP contribution in [0, 0.1) is 0 Å². The predicted molar refractivity (Wildman–Crippen MR) is 88.4 cm³/mol. The summed E-state index contributed by atoms with van der Waals surface area (Å²) in [4.78, 5) is 20.4. The van der Waals surface area contributed by atoms with Crippen LogP contribution < -0.4 is 5.32 Å². The summed E-state index contributed by atoms with van der Waals surface area (Å²) >= 11 is 6.12. The average molecular weight is 314 g/mol. The zero-order valence-corrected chi connectivity index (χ0v) is 13.0. The molecule has 2 heterocycles. The lowest BCUT2D eigenvalue weighted by Gasteiger charge is -2.14. The second kappa shape index (κ2) is 6.28. The number of fused-ring (bicyclic) bond motifs is 1. The fourth-order valence-corrected chi connectivity index (χ4v) is 2.75. The van der Waals surface area contributed by atoms with E-state index >= 15 is 0 Å². The van der Waals surface area contributed by atoms with Gasteiger partial charge in [0, 0.05) is 37.1 Å². The number of carbonyl (C=O) groups is 1. The minimum Gasteiger partial charge on any atom is -0.355 e. The Kier molecular flexibility index (Phi) is 4.20. The van der Waals surface area contributed by atoms with Gasteiger partial charge in [-0.05, 0) is 35.7 Å². The number of aromatic nitrogens is 1. The van der Waals surface area contributed by atoms with Crippen molar-refractivity contribution in [1.82, 2.24) is 10.3 Å². The van der Waals surface area contributed by atoms with Crippen LogP contribution >= 0.6 is 11.6 Å². The standard InChI is InChI=1S/C17H16ClN3O/c1-19-17(22)12-4-5-20-15(9-12)7-11-2-3-16-13(6-11)8-14(18)10-21-16/h2-6,9-10,14H,7-8H2,1H3,(H,19,22). The molecule has 0 radical (unpaired) electrons. The maximum atomic E-state index is 11.7. The number of hydrogen-bond acceptors (Lipinski definition) is 3. The van der Waals surface area contributed by atoms with Crippen LogP contribution in [0.4, 0.5) is 5.69 Å². The van der Waals surface area contributed by atoms with Crippen molar-refractivity contribution < 1.29 is 4.79 Å². The largest absolute Gasteiger partial charge is 0.355 e. The van der Waals surface area contributed by atoms with Gasteiger partial charge in [-0.15, -0.1) is 11.6 Å². The van der Waals surface area contributed by atoms with Gasteiger partial charge in [-0.25, -0.2) is 0 Å². The van der Waals surface area contributed by atoms with Gasteiger partial charge in [-0.3, -0.25) is 14.8 Å². The van der Waals surface area contributed by atoms with Gasteiger partial charge in [0.1, 0.15) is 0 Å². The Hall–Kier alpha value is -2.20. The third-order valence-electron chi connectivity index (χ3n) is 3.63. The Morgan fingerprint density at radius 3 is 3.05 bits per heavy atom. The summed E-state index contributed by atoms with van der Waals surface area (Å²) in [5.74, 6) is -0.103. The smallest absolute Gasteiger partial charge is 0.251 e. The molecule has 0 aliphatic carbocycles. The van der Waals surface area contributed by atoms with Crippen LogP contribution in [0.25, 0.3) is 0 Å². The SMILES string of the molecule is CNC(=O)c1ccnc(Cc2ccc3c(c2)CC(Cl)C=N3)c1. The number of halogens is 1. The van der Waals surface area contributed by atoms with Crippen LogP contribution in [0.15, 0.2) is 41.5 Å². The van der Waals surface area contributed by atoms with E-state index in [0.717, 1.165) is 28.9 Å². The average Bonchev–Trinajstić information content (AvgIpc) is 2.54. The lowest BCUT2D eigenvalue weighted by Crippen LogP contribution is -2.18. The summed E-state index contributed by atoms with van der Waals surface area (Å²) in [6.45, 7) is 0. The van der Waals surface area contributed by atoms with Crippen LogP contribution in [0.5, 0.6) is 0 Å². The number of rotatable bonds is 3. The van der Waals surface area contributed by atoms with Crippen LogP contribution in [0.2, 0.25) is 0 Å². The maximum absolute atomic E-state index is 11.7. The molecule has 0 fully saturated rings. The molecule has 1 unspecified atom stereocenters. The fourth-order valence-electron chi connectivity index (χ4n) is 2.53. The molecule has 0 saturated heterocycles. The Bertz CT molecular complexity index is 742. The third-order valence-corrected chi connectivity index (χ3v) is 3.89. The minimum absolute atomic E-state index is 0.0440. The van der Waals surface area contributed by atoms with Crippen molar-refractivity contribution in [2.45, 2.75) is 18.2 Å². The minimum atomic E-state index is -0.103. The van der Waals surface area contributed by atoms with Crippen LogP contribution in [-0.4, -0.2) is 29.5 Å². The number of nitrogens with one attached hydrogen (secondary N) is 1. The number of carbonyl (C=O) groups excluding carboxylic acids is 1. The van der Waals surface area contributed by atoms with Gasteiger partial charge >= 0.3 is 0 Å². The zero-order chi connectivity index (χ0) is 15.5. The first kappa shape index (κ1) is 14.7. The first-order chi connectivity index (χ1) is 10.7. The van der Waals surface area contributed by atoms with Crippen LogP contribution in [0.1, 0.15) is 27.2 Å². The van der Waals surface area contributed by atoms with E-state index in [-0.39, 0.29) is 11.3 Å². The van der Waals surface area contributed by atoms with Crippen molar-refractivity contribution in [3.8, 4) is 0 Å². The van der Waals surface area contributed by atoms with E-state index in [2.05, 4.69) is 21.4 Å². The van der Waals surface area contributed by atoms with E-state index in [0.29, 0.717) is 12.0 Å². The van der Waals surface area contributed by atoms with E-state index in [1.54, 1.807) is 25.5 Å². The predicted octanol–water partition coefficient (Wildman–Crippen LogP) is 2.90. The van der Waals surface area contributed by atoms with Gasteiger partial charge in [0.2, 0.25) is 0 Å². The van der Waals surface area contributed by atoms with Gasteiger partial charge in [-0.2, -0.15) is 0 Å². The molecule has 1 N–H and O–H groups in total. The summed E-state index contributed by atoms with van der Waals surface area (Å²) in [6, 6.07) is 9.70. The molecule has 1 aliphatic heterocycles. The molecule has 0 saturated carbocycles. The van der Waals surface area contributed by atoms with Crippen molar-refractivity contribution in [3.63, 3.8) is 0 Å². The number of pyridine rings is 1. The van der Waals surface area contributed by atoms with Crippen molar-refractivity contribution in [2.24, 2.45) is 4.99 Å². The van der Waals surface area contributed by atoms with E-state index in [4.69, 9.17) is 11.6 Å². The molecule has 0 bridgehead atoms. The van der Waals surface area contributed by atoms with E-state index in [1.807, 2.05) is 18.2 Å². The molecule has 1 aliphatic rings. The second-order valence-corrected chi connectivity index (χ2v) is 5.81. The van der Waals surface area contributed by atoms with Gasteiger partial charge in [-0.1, -0.05) is 12.1 Å². The Labute approximate surface area is 134 Å². The van der Waals surface area contributed by atoms with E-state index < -0.39 is 0 Å². The third kappa shape index (κ3) is 3.17. The van der Waals surface area contributed by atoms with Crippen molar-refractivity contribution in [1.29, 1.82) is 0 Å². The van der Waals surface area contributed by atoms with Crippen molar-refractivity contribution >= 4 is 29.4 Å². The maximum Gasteiger partial charge on any atom is 0.251 e. The quantitative estimate of drug-likeness (QED) is 0.886. The van der Waals surface area contributed by atoms with Gasteiger partial charge < -0.3 is 5.32 Å². The zero-order valence-electron chi connectivity index (χ0n) is 12.2. The van der Waals surface area contributed by atoms with E-state index in [1.165, 1.54) is 0 Å². The Morgan fingerprint density at radius 2 is 2.23 bits per heavy atom. The Balaban J connectivity index is 1.83. The van der Waals surface area contributed by atoms with Gasteiger partial charge in [0.15, 0.2) is 0 Å². The molecular weight excluding hydrogens is 298 g/mol. The Morgan fingerprint density at radius 1 is 1.36 bits per heavy atom. The highest BCUT2D eigenvalue weighted by Gasteiger charge is 2.13. The normalized spacial score (nSPS) is 16.2. The van der Waals surface area contributed by atoms with Crippen molar-refractivity contribution in [2.75, 3.05) is 7.05 Å². The van der Waals surface area contributed by atoms with Crippen molar-refractivity contribution in [3.05, 3.63) is 58.9 Å². The van der Waals surface area contributed by atoms with Crippen LogP contribution in [-0.2, 0) is 12.8 Å². The molecule has 1 amide bonds. The number of benzene rings is 1. The molecule has 1 aromatic carbocycles. The number of amides is 1. The lowest BCUT2D eigenvalue weighted by atomic mass is 9.99. The molecule has 4 nitrogen and oxygen atoms in total. The topological polar surface area (TPSA) is 54.4 Å². The molecule has 0 spiro atoms. The highest BCUT2D eigenvalue weighted by atomic mass is 35.5. The number of alkyl halides is 1. The molecule has 3 rings (SSSR count). The summed E-state index contributed by atoms with van der Waals surface area (Å²) in [5, 5.41) is 2.58. The molecular formula is C17H16ClN3O. The summed E-state index contributed by atoms with van der Waals surface area (Å²) in [6.07, 6.45) is 4.91. The molecule has 5 heteroatoms. The van der Waals surface area contributed by atoms with Crippen LogP contribution in [0.3, 0.4) is 0 Å². The second-order valence-electron chi connectivity index (χ2n) is 5.25. The molecule has 112 valence electrons. The fraction of sp³-hybridized carbons (Fsp3) is 0.235. The lowest BCUT2D eigenvalue weighted by molar-refractivity contribution is 0.0963. The van der Waals surface area contributed by atoms with Gasteiger partial charge in [0.05, 0.1) is 11.1 Å². The highest BCUT2D eigenvalue weighted by molar-refractivity contribution is 6.28. The molecule has 2 aromatic rings. The summed E-state index contributed by atoms with van der Waals surface area (Å²) < 4.78 is 0.